The van der Waals surface area contributed by atoms with Gasteiger partial charge in [-0.15, -0.1) is 0 Å². The minimum Gasteiger partial charge on any atom is -0.314 e. The second-order valence-corrected chi connectivity index (χ2v) is 6.53. The Kier molecular flexibility index (Phi) is 5.00. The Hall–Kier alpha value is -1.40. The van der Waals surface area contributed by atoms with Gasteiger partial charge >= 0.3 is 0 Å². The summed E-state index contributed by atoms with van der Waals surface area (Å²) in [6.07, 6.45) is 6.83. The molecule has 3 heteroatoms. The molecule has 114 valence electrons. The molecule has 2 nitrogen and oxygen atoms in total. The first kappa shape index (κ1) is 16.0. The van der Waals surface area contributed by atoms with Crippen LogP contribution in [0.1, 0.15) is 68.6 Å². The Morgan fingerprint density at radius 1 is 1.33 bits per heavy atom. The highest BCUT2D eigenvalue weighted by molar-refractivity contribution is 5.42. The highest BCUT2D eigenvalue weighted by atomic mass is 19.1. The van der Waals surface area contributed by atoms with Crippen LogP contribution in [0.3, 0.4) is 0 Å². The van der Waals surface area contributed by atoms with Crippen molar-refractivity contribution in [2.45, 2.75) is 63.8 Å². The number of benzene rings is 1. The van der Waals surface area contributed by atoms with Crippen LogP contribution in [0, 0.1) is 17.1 Å². The minimum atomic E-state index is -0.252. The molecule has 0 bridgehead atoms. The SMILES string of the molecule is CNC1(CCCCc2cc(C(C)C)c(F)cc2C#N)CC1. The molecule has 0 heterocycles. The number of nitrogens with zero attached hydrogens (tertiary/aromatic N) is 1. The smallest absolute Gasteiger partial charge is 0.127 e. The lowest BCUT2D eigenvalue weighted by atomic mass is 9.93. The molecule has 1 fully saturated rings. The molecule has 0 amide bonds. The fraction of sp³-hybridized carbons (Fsp3) is 0.611. The van der Waals surface area contributed by atoms with Gasteiger partial charge in [0.25, 0.3) is 0 Å². The predicted octanol–water partition coefficient (Wildman–Crippen LogP) is 4.29. The summed E-state index contributed by atoms with van der Waals surface area (Å²) >= 11 is 0. The predicted molar refractivity (Wildman–Crippen MR) is 83.8 cm³/mol. The molecule has 0 aromatic heterocycles. The fourth-order valence-corrected chi connectivity index (χ4v) is 2.95. The number of hydrogen-bond donors (Lipinski definition) is 1. The summed E-state index contributed by atoms with van der Waals surface area (Å²) in [4.78, 5) is 0. The van der Waals surface area contributed by atoms with E-state index >= 15 is 0 Å². The van der Waals surface area contributed by atoms with Crippen LogP contribution in [0.2, 0.25) is 0 Å². The summed E-state index contributed by atoms with van der Waals surface area (Å²) in [6, 6.07) is 5.43. The monoisotopic (exact) mass is 288 g/mol. The van der Waals surface area contributed by atoms with Crippen molar-refractivity contribution < 1.29 is 4.39 Å². The van der Waals surface area contributed by atoms with Crippen molar-refractivity contribution in [3.63, 3.8) is 0 Å². The van der Waals surface area contributed by atoms with Crippen LogP contribution in [-0.2, 0) is 6.42 Å². The van der Waals surface area contributed by atoms with Crippen LogP contribution >= 0.6 is 0 Å². The highest BCUT2D eigenvalue weighted by Crippen LogP contribution is 2.39. The lowest BCUT2D eigenvalue weighted by Gasteiger charge is -2.14. The van der Waals surface area contributed by atoms with Gasteiger partial charge < -0.3 is 5.32 Å². The summed E-state index contributed by atoms with van der Waals surface area (Å²) in [5.41, 5.74) is 2.60. The summed E-state index contributed by atoms with van der Waals surface area (Å²) in [7, 11) is 2.04. The van der Waals surface area contributed by atoms with Crippen LogP contribution in [0.25, 0.3) is 0 Å². The van der Waals surface area contributed by atoms with Crippen LogP contribution < -0.4 is 5.32 Å². The molecule has 1 aliphatic carbocycles. The lowest BCUT2D eigenvalue weighted by molar-refractivity contribution is 0.480. The van der Waals surface area contributed by atoms with Crippen molar-refractivity contribution in [1.29, 1.82) is 5.26 Å². The summed E-state index contributed by atoms with van der Waals surface area (Å²) in [6.45, 7) is 3.97. The molecule has 0 unspecified atom stereocenters. The zero-order valence-electron chi connectivity index (χ0n) is 13.3. The molecule has 0 saturated heterocycles. The lowest BCUT2D eigenvalue weighted by Crippen LogP contribution is -2.26. The molecule has 1 aromatic rings. The molecule has 1 aromatic carbocycles. The molecular weight excluding hydrogens is 263 g/mol. The molecular formula is C18H25FN2. The molecule has 1 N–H and O–H groups in total. The Bertz CT molecular complexity index is 539. The van der Waals surface area contributed by atoms with E-state index in [1.54, 1.807) is 0 Å². The maximum Gasteiger partial charge on any atom is 0.127 e. The number of aryl methyl sites for hydroxylation is 1. The van der Waals surface area contributed by atoms with Crippen molar-refractivity contribution in [3.05, 3.63) is 34.6 Å². The quantitative estimate of drug-likeness (QED) is 0.760. The number of nitriles is 1. The van der Waals surface area contributed by atoms with E-state index in [9.17, 15) is 9.65 Å². The van der Waals surface area contributed by atoms with Gasteiger partial charge in [0.1, 0.15) is 5.82 Å². The van der Waals surface area contributed by atoms with Gasteiger partial charge in [0, 0.05) is 5.54 Å². The molecule has 2 rings (SSSR count). The number of halogens is 1. The molecule has 0 radical (unpaired) electrons. The average molecular weight is 288 g/mol. The molecule has 1 aliphatic rings. The molecule has 0 spiro atoms. The zero-order valence-corrected chi connectivity index (χ0v) is 13.3. The average Bonchev–Trinajstić information content (AvgIpc) is 3.24. The van der Waals surface area contributed by atoms with Gasteiger partial charge in [-0.2, -0.15) is 5.26 Å². The van der Waals surface area contributed by atoms with Gasteiger partial charge in [0.05, 0.1) is 11.6 Å². The second kappa shape index (κ2) is 6.58. The third kappa shape index (κ3) is 3.83. The maximum atomic E-state index is 13.9. The van der Waals surface area contributed by atoms with Gasteiger partial charge in [0.2, 0.25) is 0 Å². The third-order valence-electron chi connectivity index (χ3n) is 4.70. The summed E-state index contributed by atoms with van der Waals surface area (Å²) in [5.74, 6) is -0.104. The van der Waals surface area contributed by atoms with Crippen molar-refractivity contribution in [1.82, 2.24) is 5.32 Å². The summed E-state index contributed by atoms with van der Waals surface area (Å²) < 4.78 is 13.9. The Labute approximate surface area is 127 Å². The van der Waals surface area contributed by atoms with Gasteiger partial charge in [-0.25, -0.2) is 4.39 Å². The topological polar surface area (TPSA) is 35.8 Å². The van der Waals surface area contributed by atoms with E-state index in [-0.39, 0.29) is 11.7 Å². The van der Waals surface area contributed by atoms with E-state index in [2.05, 4.69) is 11.4 Å². The van der Waals surface area contributed by atoms with Gasteiger partial charge in [-0.3, -0.25) is 0 Å². The zero-order chi connectivity index (χ0) is 15.5. The number of rotatable bonds is 7. The number of hydrogen-bond acceptors (Lipinski definition) is 2. The van der Waals surface area contributed by atoms with E-state index < -0.39 is 0 Å². The van der Waals surface area contributed by atoms with Crippen molar-refractivity contribution in [2.75, 3.05) is 7.05 Å². The summed E-state index contributed by atoms with van der Waals surface area (Å²) in [5, 5.41) is 12.6. The van der Waals surface area contributed by atoms with Crippen LogP contribution in [-0.4, -0.2) is 12.6 Å². The van der Waals surface area contributed by atoms with Gasteiger partial charge in [-0.1, -0.05) is 26.3 Å². The number of nitrogens with one attached hydrogen (secondary N) is 1. The minimum absolute atomic E-state index is 0.149. The highest BCUT2D eigenvalue weighted by Gasteiger charge is 2.39. The van der Waals surface area contributed by atoms with E-state index in [1.165, 1.54) is 25.3 Å². The van der Waals surface area contributed by atoms with Gasteiger partial charge in [0.15, 0.2) is 0 Å². The third-order valence-corrected chi connectivity index (χ3v) is 4.70. The number of unbranched alkanes of at least 4 members (excludes halogenated alkanes) is 1. The second-order valence-electron chi connectivity index (χ2n) is 6.53. The standard InChI is InChI=1S/C18H25FN2/c1-13(2)16-10-14(15(12-20)11-17(16)19)6-4-5-7-18(21-3)8-9-18/h10-11,13,21H,4-9H2,1-3H3. The molecule has 21 heavy (non-hydrogen) atoms. The molecule has 1 saturated carbocycles. The molecule has 0 atom stereocenters. The van der Waals surface area contributed by atoms with Crippen molar-refractivity contribution >= 4 is 0 Å². The largest absolute Gasteiger partial charge is 0.314 e. The van der Waals surface area contributed by atoms with Crippen LogP contribution in [0.15, 0.2) is 12.1 Å². The van der Waals surface area contributed by atoms with Crippen molar-refractivity contribution in [3.8, 4) is 6.07 Å². The first-order chi connectivity index (χ1) is 10.0. The molecule has 0 aliphatic heterocycles. The fourth-order valence-electron chi connectivity index (χ4n) is 2.95. The van der Waals surface area contributed by atoms with E-state index in [0.29, 0.717) is 11.1 Å². The van der Waals surface area contributed by atoms with E-state index in [1.807, 2.05) is 27.0 Å². The maximum absolute atomic E-state index is 13.9. The Morgan fingerprint density at radius 3 is 2.57 bits per heavy atom. The van der Waals surface area contributed by atoms with E-state index in [0.717, 1.165) is 30.4 Å². The first-order valence-corrected chi connectivity index (χ1v) is 7.92. The van der Waals surface area contributed by atoms with Crippen LogP contribution in [0.4, 0.5) is 4.39 Å². The Morgan fingerprint density at radius 2 is 2.05 bits per heavy atom. The van der Waals surface area contributed by atoms with Gasteiger partial charge in [-0.05, 0) is 62.3 Å². The van der Waals surface area contributed by atoms with E-state index in [4.69, 9.17) is 0 Å². The first-order valence-electron chi connectivity index (χ1n) is 7.92. The Balaban J connectivity index is 1.98. The van der Waals surface area contributed by atoms with Crippen molar-refractivity contribution in [2.24, 2.45) is 0 Å². The normalized spacial score (nSPS) is 16.0. The van der Waals surface area contributed by atoms with Crippen LogP contribution in [0.5, 0.6) is 0 Å².